The third-order valence-corrected chi connectivity index (χ3v) is 8.44. The van der Waals surface area contributed by atoms with Crippen molar-refractivity contribution in [1.29, 1.82) is 0 Å². The fourth-order valence-electron chi connectivity index (χ4n) is 6.50. The van der Waals surface area contributed by atoms with Crippen LogP contribution in [0.5, 0.6) is 11.5 Å². The molecule has 0 amide bonds. The lowest BCUT2D eigenvalue weighted by atomic mass is 9.85. The second-order valence-corrected chi connectivity index (χ2v) is 11.1. The number of benzene rings is 7. The maximum atomic E-state index is 6.56. The maximum Gasteiger partial charge on any atom is 0.135 e. The molecule has 0 aromatic heterocycles. The van der Waals surface area contributed by atoms with E-state index < -0.39 is 0 Å². The zero-order valence-corrected chi connectivity index (χ0v) is 22.6. The lowest BCUT2D eigenvalue weighted by Gasteiger charge is -2.23. The molecule has 1 aliphatic rings. The molecule has 1 nitrogen and oxygen atoms in total. The Kier molecular flexibility index (Phi) is 5.09. The van der Waals surface area contributed by atoms with Crippen molar-refractivity contribution in [1.82, 2.24) is 0 Å². The number of hydrogen-bond acceptors (Lipinski definition) is 1. The monoisotopic (exact) mass is 512 g/mol. The number of ether oxygens (including phenoxy) is 1. The molecule has 0 bridgehead atoms. The summed E-state index contributed by atoms with van der Waals surface area (Å²) in [5, 5.41) is 7.43. The van der Waals surface area contributed by atoms with Gasteiger partial charge >= 0.3 is 0 Å². The van der Waals surface area contributed by atoms with E-state index in [9.17, 15) is 0 Å². The van der Waals surface area contributed by atoms with Crippen LogP contribution in [0.2, 0.25) is 0 Å². The molecule has 7 aromatic carbocycles. The molecule has 0 spiro atoms. The van der Waals surface area contributed by atoms with Gasteiger partial charge in [0.05, 0.1) is 0 Å². The molecule has 0 fully saturated rings. The highest BCUT2D eigenvalue weighted by molar-refractivity contribution is 6.21. The molecule has 0 saturated carbocycles. The van der Waals surface area contributed by atoms with Crippen LogP contribution in [0.4, 0.5) is 0 Å². The Bertz CT molecular complexity index is 2040. The Morgan fingerprint density at radius 2 is 1.05 bits per heavy atom. The predicted octanol–water partition coefficient (Wildman–Crippen LogP) is 11.4. The van der Waals surface area contributed by atoms with Crippen LogP contribution < -0.4 is 4.74 Å². The molecule has 1 heteroatoms. The van der Waals surface area contributed by atoms with Gasteiger partial charge in [-0.15, -0.1) is 0 Å². The van der Waals surface area contributed by atoms with Crippen LogP contribution >= 0.6 is 0 Å². The standard InChI is InChI=1S/C39H28O/c1-24(2)25-17-19-27(20-18-25)37-31-11-3-5-13-33(31)38(34-14-6-4-12-32(34)37)28-21-22-29-30-15-7-9-26-10-8-16-35(39(26)30)40-36(29)23-28/h3-24H,1-2H3. The molecule has 0 unspecified atom stereocenters. The topological polar surface area (TPSA) is 9.23 Å². The fraction of sp³-hybridized carbons (Fsp3) is 0.0769. The smallest absolute Gasteiger partial charge is 0.135 e. The third-order valence-electron chi connectivity index (χ3n) is 8.44. The number of hydrogen-bond donors (Lipinski definition) is 0. The van der Waals surface area contributed by atoms with Crippen molar-refractivity contribution in [3.63, 3.8) is 0 Å². The van der Waals surface area contributed by atoms with Gasteiger partial charge in [0, 0.05) is 10.9 Å². The van der Waals surface area contributed by atoms with Gasteiger partial charge in [0.2, 0.25) is 0 Å². The van der Waals surface area contributed by atoms with E-state index in [1.54, 1.807) is 0 Å². The van der Waals surface area contributed by atoms with Gasteiger partial charge in [0.1, 0.15) is 11.5 Å². The van der Waals surface area contributed by atoms with Crippen molar-refractivity contribution in [2.24, 2.45) is 0 Å². The first-order valence-corrected chi connectivity index (χ1v) is 14.1. The summed E-state index contributed by atoms with van der Waals surface area (Å²) < 4.78 is 6.56. The van der Waals surface area contributed by atoms with E-state index in [2.05, 4.69) is 141 Å². The summed E-state index contributed by atoms with van der Waals surface area (Å²) in [5.41, 5.74) is 8.69. The average molecular weight is 513 g/mol. The molecule has 0 radical (unpaired) electrons. The molecular weight excluding hydrogens is 484 g/mol. The van der Waals surface area contributed by atoms with Gasteiger partial charge in [-0.25, -0.2) is 0 Å². The first kappa shape index (κ1) is 23.0. The van der Waals surface area contributed by atoms with Gasteiger partial charge in [0.25, 0.3) is 0 Å². The summed E-state index contributed by atoms with van der Waals surface area (Å²) in [6.07, 6.45) is 0. The molecule has 40 heavy (non-hydrogen) atoms. The van der Waals surface area contributed by atoms with Crippen LogP contribution in [0.3, 0.4) is 0 Å². The summed E-state index contributed by atoms with van der Waals surface area (Å²) in [6, 6.07) is 46.3. The van der Waals surface area contributed by atoms with Gasteiger partial charge in [0.15, 0.2) is 0 Å². The van der Waals surface area contributed by atoms with Crippen LogP contribution in [0.1, 0.15) is 25.3 Å². The summed E-state index contributed by atoms with van der Waals surface area (Å²) >= 11 is 0. The second-order valence-electron chi connectivity index (χ2n) is 11.1. The highest BCUT2D eigenvalue weighted by Gasteiger charge is 2.22. The Morgan fingerprint density at radius 1 is 0.475 bits per heavy atom. The van der Waals surface area contributed by atoms with Crippen LogP contribution in [-0.4, -0.2) is 0 Å². The van der Waals surface area contributed by atoms with E-state index >= 15 is 0 Å². The molecule has 8 rings (SSSR count). The average Bonchev–Trinajstić information content (AvgIpc) is 3.00. The summed E-state index contributed by atoms with van der Waals surface area (Å²) in [7, 11) is 0. The van der Waals surface area contributed by atoms with E-state index in [4.69, 9.17) is 4.74 Å². The maximum absolute atomic E-state index is 6.56. The first-order chi connectivity index (χ1) is 19.7. The Balaban J connectivity index is 1.39. The predicted molar refractivity (Wildman–Crippen MR) is 169 cm³/mol. The highest BCUT2D eigenvalue weighted by Crippen LogP contribution is 2.49. The van der Waals surface area contributed by atoms with E-state index in [1.165, 1.54) is 65.7 Å². The minimum atomic E-state index is 0.509. The zero-order chi connectivity index (χ0) is 26.8. The summed E-state index contributed by atoms with van der Waals surface area (Å²) in [4.78, 5) is 0. The molecular formula is C39H28O. The minimum absolute atomic E-state index is 0.509. The van der Waals surface area contributed by atoms with Gasteiger partial charge in [-0.1, -0.05) is 123 Å². The molecule has 190 valence electrons. The van der Waals surface area contributed by atoms with Crippen LogP contribution in [-0.2, 0) is 0 Å². The van der Waals surface area contributed by atoms with E-state index in [1.807, 2.05) is 0 Å². The Hall–Kier alpha value is -4.88. The lowest BCUT2D eigenvalue weighted by Crippen LogP contribution is -1.98. The Labute approximate surface area is 234 Å². The van der Waals surface area contributed by atoms with Crippen molar-refractivity contribution in [3.8, 4) is 44.9 Å². The van der Waals surface area contributed by atoms with Crippen molar-refractivity contribution < 1.29 is 4.74 Å². The van der Waals surface area contributed by atoms with E-state index in [0.717, 1.165) is 17.1 Å². The first-order valence-electron chi connectivity index (χ1n) is 14.1. The summed E-state index contributed by atoms with van der Waals surface area (Å²) in [5.74, 6) is 2.34. The van der Waals surface area contributed by atoms with Gasteiger partial charge in [-0.05, 0) is 84.4 Å². The van der Waals surface area contributed by atoms with Crippen molar-refractivity contribution in [2.45, 2.75) is 19.8 Å². The van der Waals surface area contributed by atoms with Crippen molar-refractivity contribution >= 4 is 32.3 Å². The molecule has 7 aromatic rings. The third kappa shape index (κ3) is 3.41. The van der Waals surface area contributed by atoms with Crippen LogP contribution in [0.15, 0.2) is 127 Å². The van der Waals surface area contributed by atoms with Crippen molar-refractivity contribution in [3.05, 3.63) is 133 Å². The SMILES string of the molecule is CC(C)c1ccc(-c2c3ccccc3c(-c3ccc4c(c3)Oc3cccc5cccc-4c35)c3ccccc23)cc1. The van der Waals surface area contributed by atoms with Gasteiger partial charge < -0.3 is 4.74 Å². The van der Waals surface area contributed by atoms with Gasteiger partial charge in [-0.3, -0.25) is 0 Å². The molecule has 0 N–H and O–H groups in total. The van der Waals surface area contributed by atoms with Crippen LogP contribution in [0.25, 0.3) is 65.7 Å². The molecule has 0 aliphatic carbocycles. The van der Waals surface area contributed by atoms with E-state index in [0.29, 0.717) is 5.92 Å². The summed E-state index contributed by atoms with van der Waals surface area (Å²) in [6.45, 7) is 4.49. The molecule has 0 atom stereocenters. The van der Waals surface area contributed by atoms with Crippen LogP contribution in [0, 0.1) is 0 Å². The number of rotatable bonds is 3. The highest BCUT2D eigenvalue weighted by atomic mass is 16.5. The lowest BCUT2D eigenvalue weighted by molar-refractivity contribution is 0.487. The molecule has 0 saturated heterocycles. The quantitative estimate of drug-likeness (QED) is 0.214. The fourth-order valence-corrected chi connectivity index (χ4v) is 6.50. The largest absolute Gasteiger partial charge is 0.456 e. The second kappa shape index (κ2) is 8.83. The van der Waals surface area contributed by atoms with Crippen molar-refractivity contribution in [2.75, 3.05) is 0 Å². The zero-order valence-electron chi connectivity index (χ0n) is 22.6. The Morgan fingerprint density at radius 3 is 1.68 bits per heavy atom. The van der Waals surface area contributed by atoms with E-state index in [-0.39, 0.29) is 0 Å². The number of fused-ring (bicyclic) bond motifs is 4. The molecule has 1 aliphatic heterocycles. The normalized spacial score (nSPS) is 12.2. The molecule has 1 heterocycles. The minimum Gasteiger partial charge on any atom is -0.456 e. The van der Waals surface area contributed by atoms with Gasteiger partial charge in [-0.2, -0.15) is 0 Å².